The summed E-state index contributed by atoms with van der Waals surface area (Å²) in [6, 6.07) is 0.478. The van der Waals surface area contributed by atoms with E-state index in [4.69, 9.17) is 0 Å². The summed E-state index contributed by atoms with van der Waals surface area (Å²) in [6.07, 6.45) is 8.40. The number of hydrogen-bond acceptors (Lipinski definition) is 3. The highest BCUT2D eigenvalue weighted by Crippen LogP contribution is 2.25. The molecular weight excluding hydrogens is 427 g/mol. The second-order valence-electron chi connectivity index (χ2n) is 6.35. The molecule has 0 saturated heterocycles. The number of nitrogens with zero attached hydrogens (tertiary/aromatic N) is 1. The van der Waals surface area contributed by atoms with Crippen LogP contribution in [0.4, 0.5) is 0 Å². The highest BCUT2D eigenvalue weighted by molar-refractivity contribution is 14.0. The van der Waals surface area contributed by atoms with Crippen molar-refractivity contribution in [3.8, 4) is 0 Å². The Labute approximate surface area is 157 Å². The minimum absolute atomic E-state index is 0. The third kappa shape index (κ3) is 8.02. The van der Waals surface area contributed by atoms with Crippen LogP contribution in [0.2, 0.25) is 0 Å². The maximum Gasteiger partial charge on any atom is 0.213 e. The fraction of sp³-hybridized carbons (Fsp3) is 0.933. The van der Waals surface area contributed by atoms with Gasteiger partial charge in [0.2, 0.25) is 10.0 Å². The average molecular weight is 458 g/mol. The van der Waals surface area contributed by atoms with Gasteiger partial charge in [0.05, 0.1) is 12.3 Å². The van der Waals surface area contributed by atoms with Crippen molar-refractivity contribution >= 4 is 40.0 Å². The standard InChI is InChI=1S/C15H30N4O2S.HI/c1-2-16-15(19-14-8-3-4-9-14)17-10-11-22(20,21)18-12-13-6-5-7-13;/h13-14,18H,2-12H2,1H3,(H2,16,17,19);1H. The van der Waals surface area contributed by atoms with Crippen molar-refractivity contribution in [1.29, 1.82) is 0 Å². The molecule has 23 heavy (non-hydrogen) atoms. The van der Waals surface area contributed by atoms with E-state index in [0.717, 1.165) is 25.3 Å². The Balaban J connectivity index is 0.00000264. The number of sulfonamides is 1. The van der Waals surface area contributed by atoms with E-state index in [2.05, 4.69) is 20.3 Å². The third-order valence-corrected chi connectivity index (χ3v) is 5.81. The van der Waals surface area contributed by atoms with Gasteiger partial charge in [-0.15, -0.1) is 24.0 Å². The van der Waals surface area contributed by atoms with Crippen LogP contribution < -0.4 is 15.4 Å². The first-order valence-electron chi connectivity index (χ1n) is 8.61. The van der Waals surface area contributed by atoms with Gasteiger partial charge in [0.15, 0.2) is 5.96 Å². The number of aliphatic imine (C=N–C) groups is 1. The molecule has 0 atom stereocenters. The smallest absolute Gasteiger partial charge is 0.213 e. The summed E-state index contributed by atoms with van der Waals surface area (Å²) in [5.41, 5.74) is 0. The fourth-order valence-corrected chi connectivity index (χ4v) is 3.84. The number of guanidine groups is 1. The molecule has 6 nitrogen and oxygen atoms in total. The first kappa shape index (κ1) is 21.0. The molecular formula is C15H31IN4O2S. The lowest BCUT2D eigenvalue weighted by Gasteiger charge is -2.25. The zero-order valence-corrected chi connectivity index (χ0v) is 17.2. The maximum absolute atomic E-state index is 11.9. The monoisotopic (exact) mass is 458 g/mol. The minimum Gasteiger partial charge on any atom is -0.357 e. The van der Waals surface area contributed by atoms with E-state index in [9.17, 15) is 8.42 Å². The van der Waals surface area contributed by atoms with E-state index < -0.39 is 10.0 Å². The van der Waals surface area contributed by atoms with Gasteiger partial charge in [-0.25, -0.2) is 13.1 Å². The molecule has 0 unspecified atom stereocenters. The molecule has 0 aromatic carbocycles. The Hall–Kier alpha value is -0.0900. The van der Waals surface area contributed by atoms with Gasteiger partial charge in [0, 0.05) is 19.1 Å². The molecule has 2 saturated carbocycles. The van der Waals surface area contributed by atoms with Crippen molar-refractivity contribution in [2.75, 3.05) is 25.4 Å². The Morgan fingerprint density at radius 1 is 1.13 bits per heavy atom. The van der Waals surface area contributed by atoms with Crippen LogP contribution in [0.3, 0.4) is 0 Å². The van der Waals surface area contributed by atoms with Gasteiger partial charge < -0.3 is 10.6 Å². The molecule has 0 amide bonds. The summed E-state index contributed by atoms with van der Waals surface area (Å²) in [5.74, 6) is 1.34. The van der Waals surface area contributed by atoms with Gasteiger partial charge in [-0.05, 0) is 38.5 Å². The summed E-state index contributed by atoms with van der Waals surface area (Å²) >= 11 is 0. The van der Waals surface area contributed by atoms with E-state index >= 15 is 0 Å². The molecule has 3 N–H and O–H groups in total. The van der Waals surface area contributed by atoms with Gasteiger partial charge in [0.1, 0.15) is 0 Å². The summed E-state index contributed by atoms with van der Waals surface area (Å²) in [4.78, 5) is 4.40. The lowest BCUT2D eigenvalue weighted by Crippen LogP contribution is -2.42. The Morgan fingerprint density at radius 2 is 1.83 bits per heavy atom. The van der Waals surface area contributed by atoms with E-state index in [-0.39, 0.29) is 29.7 Å². The zero-order valence-electron chi connectivity index (χ0n) is 14.0. The van der Waals surface area contributed by atoms with Gasteiger partial charge in [0.25, 0.3) is 0 Å². The third-order valence-electron chi connectivity index (χ3n) is 4.49. The van der Waals surface area contributed by atoms with Crippen molar-refractivity contribution in [2.45, 2.75) is 57.9 Å². The van der Waals surface area contributed by atoms with E-state index in [0.29, 0.717) is 25.0 Å². The highest BCUT2D eigenvalue weighted by Gasteiger charge is 2.20. The second kappa shape index (κ2) is 10.7. The SMILES string of the molecule is CCNC(=NCCS(=O)(=O)NCC1CCC1)NC1CCCC1.I. The first-order chi connectivity index (χ1) is 10.6. The molecule has 8 heteroatoms. The minimum atomic E-state index is -3.20. The topological polar surface area (TPSA) is 82.6 Å². The maximum atomic E-state index is 11.9. The van der Waals surface area contributed by atoms with Crippen LogP contribution >= 0.6 is 24.0 Å². The Kier molecular flexibility index (Phi) is 9.76. The Bertz CT molecular complexity index is 460. The fourth-order valence-electron chi connectivity index (χ4n) is 2.88. The molecule has 0 heterocycles. The molecule has 0 aliphatic heterocycles. The summed E-state index contributed by atoms with van der Waals surface area (Å²) in [6.45, 7) is 3.68. The van der Waals surface area contributed by atoms with Crippen LogP contribution in [-0.4, -0.2) is 45.8 Å². The summed E-state index contributed by atoms with van der Waals surface area (Å²) < 4.78 is 26.6. The molecule has 0 aromatic rings. The van der Waals surface area contributed by atoms with Gasteiger partial charge >= 0.3 is 0 Å². The second-order valence-corrected chi connectivity index (χ2v) is 8.28. The Morgan fingerprint density at radius 3 is 2.39 bits per heavy atom. The summed E-state index contributed by atoms with van der Waals surface area (Å²) in [5, 5.41) is 6.58. The van der Waals surface area contributed by atoms with Crippen molar-refractivity contribution in [3.63, 3.8) is 0 Å². The predicted molar refractivity (Wildman–Crippen MR) is 106 cm³/mol. The van der Waals surface area contributed by atoms with Crippen molar-refractivity contribution in [1.82, 2.24) is 15.4 Å². The quantitative estimate of drug-likeness (QED) is 0.295. The number of rotatable bonds is 8. The van der Waals surface area contributed by atoms with Crippen LogP contribution in [0.1, 0.15) is 51.9 Å². The number of hydrogen-bond donors (Lipinski definition) is 3. The molecule has 0 bridgehead atoms. The lowest BCUT2D eigenvalue weighted by atomic mass is 9.86. The zero-order chi connectivity index (χ0) is 15.8. The normalized spacial score (nSPS) is 20.0. The highest BCUT2D eigenvalue weighted by atomic mass is 127. The molecule has 0 spiro atoms. The molecule has 2 fully saturated rings. The molecule has 2 aliphatic carbocycles. The van der Waals surface area contributed by atoms with Gasteiger partial charge in [-0.2, -0.15) is 0 Å². The van der Waals surface area contributed by atoms with E-state index in [1.54, 1.807) is 0 Å². The van der Waals surface area contributed by atoms with E-state index in [1.165, 1.54) is 32.1 Å². The predicted octanol–water partition coefficient (Wildman–Crippen LogP) is 1.82. The van der Waals surface area contributed by atoms with E-state index in [1.807, 2.05) is 6.92 Å². The van der Waals surface area contributed by atoms with Crippen LogP contribution in [-0.2, 0) is 10.0 Å². The first-order valence-corrected chi connectivity index (χ1v) is 10.3. The summed E-state index contributed by atoms with van der Waals surface area (Å²) in [7, 11) is -3.20. The van der Waals surface area contributed by atoms with Gasteiger partial charge in [-0.1, -0.05) is 19.3 Å². The number of nitrogens with one attached hydrogen (secondary N) is 3. The van der Waals surface area contributed by atoms with Crippen LogP contribution in [0, 0.1) is 5.92 Å². The van der Waals surface area contributed by atoms with Crippen LogP contribution in [0.25, 0.3) is 0 Å². The largest absolute Gasteiger partial charge is 0.357 e. The molecule has 2 aliphatic rings. The molecule has 2 rings (SSSR count). The van der Waals surface area contributed by atoms with Crippen LogP contribution in [0.15, 0.2) is 4.99 Å². The van der Waals surface area contributed by atoms with Crippen LogP contribution in [0.5, 0.6) is 0 Å². The van der Waals surface area contributed by atoms with Crippen molar-refractivity contribution < 1.29 is 8.42 Å². The van der Waals surface area contributed by atoms with Crippen molar-refractivity contribution in [2.24, 2.45) is 10.9 Å². The van der Waals surface area contributed by atoms with Crippen molar-refractivity contribution in [3.05, 3.63) is 0 Å². The molecule has 136 valence electrons. The molecule has 0 radical (unpaired) electrons. The average Bonchev–Trinajstić information content (AvgIpc) is 2.89. The lowest BCUT2D eigenvalue weighted by molar-refractivity contribution is 0.316. The molecule has 0 aromatic heterocycles. The van der Waals surface area contributed by atoms with Gasteiger partial charge in [-0.3, -0.25) is 4.99 Å². The number of halogens is 1.